The number of likely N-dealkylation sites (tertiary alicyclic amines) is 1. The second kappa shape index (κ2) is 6.44. The van der Waals surface area contributed by atoms with Gasteiger partial charge in [-0.05, 0) is 45.4 Å². The number of fused-ring (bicyclic) bond motifs is 2. The van der Waals surface area contributed by atoms with Gasteiger partial charge in [0, 0.05) is 31.7 Å². The Bertz CT molecular complexity index is 441. The Hall–Kier alpha value is -0.940. The van der Waals surface area contributed by atoms with Crippen LogP contribution >= 0.6 is 0 Å². The van der Waals surface area contributed by atoms with Crippen molar-refractivity contribution in [2.45, 2.75) is 65.2 Å². The molecule has 118 valence electrons. The molecule has 1 aliphatic carbocycles. The molecule has 5 heteroatoms. The molecular weight excluding hydrogens is 262 g/mol. The summed E-state index contributed by atoms with van der Waals surface area (Å²) in [5.41, 5.74) is 0. The fourth-order valence-corrected chi connectivity index (χ4v) is 4.12. The molecular formula is C16H29N5. The average Bonchev–Trinajstić information content (AvgIpc) is 2.91. The van der Waals surface area contributed by atoms with E-state index >= 15 is 0 Å². The van der Waals surface area contributed by atoms with Crippen LogP contribution in [-0.2, 0) is 13.1 Å². The summed E-state index contributed by atoms with van der Waals surface area (Å²) < 4.78 is 2.13. The van der Waals surface area contributed by atoms with Crippen LogP contribution in [-0.4, -0.2) is 44.8 Å². The van der Waals surface area contributed by atoms with Crippen molar-refractivity contribution < 1.29 is 0 Å². The fourth-order valence-electron chi connectivity index (χ4n) is 4.12. The first kappa shape index (κ1) is 15.0. The summed E-state index contributed by atoms with van der Waals surface area (Å²) in [5, 5.41) is 12.1. The molecule has 2 bridgehead atoms. The second-order valence-corrected chi connectivity index (χ2v) is 6.94. The summed E-state index contributed by atoms with van der Waals surface area (Å²) in [6.45, 7) is 11.1. The zero-order valence-corrected chi connectivity index (χ0v) is 13.6. The van der Waals surface area contributed by atoms with Crippen molar-refractivity contribution in [3.63, 3.8) is 0 Å². The zero-order chi connectivity index (χ0) is 14.8. The molecule has 1 N–H and O–H groups in total. The maximum Gasteiger partial charge on any atom is 0.146 e. The van der Waals surface area contributed by atoms with E-state index in [0.717, 1.165) is 30.7 Å². The van der Waals surface area contributed by atoms with Gasteiger partial charge >= 0.3 is 0 Å². The van der Waals surface area contributed by atoms with Gasteiger partial charge in [0.25, 0.3) is 0 Å². The van der Waals surface area contributed by atoms with E-state index in [0.29, 0.717) is 12.1 Å². The van der Waals surface area contributed by atoms with E-state index in [2.05, 4.69) is 45.8 Å². The first-order chi connectivity index (χ1) is 10.2. The van der Waals surface area contributed by atoms with Gasteiger partial charge in [-0.15, -0.1) is 10.2 Å². The van der Waals surface area contributed by atoms with Crippen molar-refractivity contribution in [3.05, 3.63) is 12.2 Å². The molecule has 2 unspecified atom stereocenters. The molecule has 5 nitrogen and oxygen atoms in total. The lowest BCUT2D eigenvalue weighted by Gasteiger charge is -2.49. The van der Waals surface area contributed by atoms with E-state index < -0.39 is 0 Å². The summed E-state index contributed by atoms with van der Waals surface area (Å²) in [6.07, 6.45) is 5.99. The summed E-state index contributed by atoms with van der Waals surface area (Å²) >= 11 is 0. The normalized spacial score (nSPS) is 30.0. The van der Waals surface area contributed by atoms with Crippen LogP contribution in [0.25, 0.3) is 0 Å². The predicted octanol–water partition coefficient (Wildman–Crippen LogP) is 1.90. The van der Waals surface area contributed by atoms with Crippen molar-refractivity contribution in [1.82, 2.24) is 25.0 Å². The Morgan fingerprint density at radius 1 is 1.29 bits per heavy atom. The van der Waals surface area contributed by atoms with Crippen LogP contribution < -0.4 is 5.32 Å². The number of hydrogen-bond acceptors (Lipinski definition) is 4. The first-order valence-corrected chi connectivity index (χ1v) is 8.53. The Kier molecular flexibility index (Phi) is 4.60. The molecule has 2 fully saturated rings. The Morgan fingerprint density at radius 3 is 2.62 bits per heavy atom. The number of nitrogens with one attached hydrogen (secondary N) is 1. The number of aromatic nitrogens is 3. The zero-order valence-electron chi connectivity index (χ0n) is 13.6. The van der Waals surface area contributed by atoms with Crippen LogP contribution in [0, 0.1) is 11.8 Å². The quantitative estimate of drug-likeness (QED) is 0.900. The van der Waals surface area contributed by atoms with Crippen LogP contribution in [0.1, 0.15) is 45.9 Å². The minimum absolute atomic E-state index is 0.663. The summed E-state index contributed by atoms with van der Waals surface area (Å²) in [4.78, 5) is 2.67. The highest BCUT2D eigenvalue weighted by molar-refractivity contribution is 4.97. The van der Waals surface area contributed by atoms with Crippen LogP contribution in [0.15, 0.2) is 6.33 Å². The van der Waals surface area contributed by atoms with Crippen molar-refractivity contribution in [1.29, 1.82) is 0 Å². The maximum absolute atomic E-state index is 4.25. The molecule has 1 aliphatic heterocycles. The minimum Gasteiger partial charge on any atom is -0.317 e. The molecule has 1 aromatic rings. The topological polar surface area (TPSA) is 46.0 Å². The lowest BCUT2D eigenvalue weighted by Crippen LogP contribution is -2.58. The Balaban J connectivity index is 1.63. The Labute approximate surface area is 128 Å². The van der Waals surface area contributed by atoms with Crippen molar-refractivity contribution >= 4 is 0 Å². The molecule has 2 heterocycles. The SMILES string of the molecule is CCn1cnnc1CNC1C2CCCC1CN(C(C)C)C2. The lowest BCUT2D eigenvalue weighted by atomic mass is 9.73. The van der Waals surface area contributed by atoms with Gasteiger partial charge < -0.3 is 14.8 Å². The van der Waals surface area contributed by atoms with E-state index in [4.69, 9.17) is 0 Å². The van der Waals surface area contributed by atoms with Gasteiger partial charge in [-0.25, -0.2) is 0 Å². The predicted molar refractivity (Wildman–Crippen MR) is 83.9 cm³/mol. The monoisotopic (exact) mass is 291 g/mol. The molecule has 21 heavy (non-hydrogen) atoms. The van der Waals surface area contributed by atoms with E-state index in [1.807, 2.05) is 6.33 Å². The third-order valence-electron chi connectivity index (χ3n) is 5.37. The summed E-state index contributed by atoms with van der Waals surface area (Å²) in [5.74, 6) is 2.68. The van der Waals surface area contributed by atoms with E-state index in [-0.39, 0.29) is 0 Å². The van der Waals surface area contributed by atoms with Gasteiger partial charge in [0.2, 0.25) is 0 Å². The first-order valence-electron chi connectivity index (χ1n) is 8.53. The van der Waals surface area contributed by atoms with Crippen LogP contribution in [0.3, 0.4) is 0 Å². The van der Waals surface area contributed by atoms with E-state index in [1.165, 1.54) is 32.4 Å². The smallest absolute Gasteiger partial charge is 0.146 e. The van der Waals surface area contributed by atoms with Gasteiger partial charge in [-0.3, -0.25) is 0 Å². The molecule has 2 aliphatic rings. The van der Waals surface area contributed by atoms with Crippen LogP contribution in [0.5, 0.6) is 0 Å². The summed E-state index contributed by atoms with van der Waals surface area (Å²) in [6, 6.07) is 1.34. The number of hydrogen-bond donors (Lipinski definition) is 1. The number of nitrogens with zero attached hydrogens (tertiary/aromatic N) is 4. The average molecular weight is 291 g/mol. The maximum atomic E-state index is 4.25. The van der Waals surface area contributed by atoms with Gasteiger partial charge in [-0.2, -0.15) is 0 Å². The van der Waals surface area contributed by atoms with Gasteiger partial charge in [-0.1, -0.05) is 6.42 Å². The summed E-state index contributed by atoms with van der Waals surface area (Å²) in [7, 11) is 0. The third kappa shape index (κ3) is 3.14. The third-order valence-corrected chi connectivity index (χ3v) is 5.37. The van der Waals surface area contributed by atoms with Gasteiger partial charge in [0.05, 0.1) is 6.54 Å². The highest BCUT2D eigenvalue weighted by Crippen LogP contribution is 2.35. The minimum atomic E-state index is 0.663. The van der Waals surface area contributed by atoms with Gasteiger partial charge in [0.15, 0.2) is 0 Å². The molecule has 1 saturated heterocycles. The molecule has 0 aromatic carbocycles. The molecule has 1 aromatic heterocycles. The van der Waals surface area contributed by atoms with Crippen LogP contribution in [0.2, 0.25) is 0 Å². The standard InChI is InChI=1S/C16H29N5/c1-4-20-11-18-19-15(20)8-17-16-13-6-5-7-14(16)10-21(9-13)12(2)3/h11-14,16-17H,4-10H2,1-3H3. The van der Waals surface area contributed by atoms with Crippen molar-refractivity contribution in [3.8, 4) is 0 Å². The second-order valence-electron chi connectivity index (χ2n) is 6.94. The molecule has 0 amide bonds. The molecule has 0 radical (unpaired) electrons. The number of piperidine rings is 1. The number of rotatable bonds is 5. The van der Waals surface area contributed by atoms with Crippen LogP contribution in [0.4, 0.5) is 0 Å². The van der Waals surface area contributed by atoms with Crippen molar-refractivity contribution in [2.24, 2.45) is 11.8 Å². The highest BCUT2D eigenvalue weighted by Gasteiger charge is 2.39. The van der Waals surface area contributed by atoms with E-state index in [9.17, 15) is 0 Å². The van der Waals surface area contributed by atoms with Gasteiger partial charge in [0.1, 0.15) is 12.2 Å². The lowest BCUT2D eigenvalue weighted by molar-refractivity contribution is 0.0286. The molecule has 0 spiro atoms. The van der Waals surface area contributed by atoms with E-state index in [1.54, 1.807) is 0 Å². The molecule has 2 atom stereocenters. The number of aryl methyl sites for hydroxylation is 1. The fraction of sp³-hybridized carbons (Fsp3) is 0.875. The molecule has 3 rings (SSSR count). The Morgan fingerprint density at radius 2 is 2.00 bits per heavy atom. The van der Waals surface area contributed by atoms with Crippen molar-refractivity contribution in [2.75, 3.05) is 13.1 Å². The largest absolute Gasteiger partial charge is 0.317 e. The molecule has 1 saturated carbocycles. The highest BCUT2D eigenvalue weighted by atomic mass is 15.3.